The SMILES string of the molecule is COc1ccc([C@H]2C[C@@H](C)CN2C(=O)c2snnc2C)cc1. The number of carbonyl (C=O) groups is 1. The van der Waals surface area contributed by atoms with Gasteiger partial charge in [0, 0.05) is 6.54 Å². The van der Waals surface area contributed by atoms with Crippen molar-refractivity contribution in [3.8, 4) is 5.75 Å². The van der Waals surface area contributed by atoms with Crippen molar-refractivity contribution in [3.63, 3.8) is 0 Å². The van der Waals surface area contributed by atoms with Gasteiger partial charge in [-0.25, -0.2) is 0 Å². The summed E-state index contributed by atoms with van der Waals surface area (Å²) in [5, 5.41) is 3.95. The molecule has 1 aromatic heterocycles. The van der Waals surface area contributed by atoms with Crippen LogP contribution < -0.4 is 4.74 Å². The van der Waals surface area contributed by atoms with Gasteiger partial charge in [0.15, 0.2) is 0 Å². The van der Waals surface area contributed by atoms with Crippen molar-refractivity contribution in [1.82, 2.24) is 14.5 Å². The molecule has 6 heteroatoms. The van der Waals surface area contributed by atoms with Crippen LogP contribution in [0.2, 0.25) is 0 Å². The largest absolute Gasteiger partial charge is 0.497 e. The fraction of sp³-hybridized carbons (Fsp3) is 0.438. The summed E-state index contributed by atoms with van der Waals surface area (Å²) >= 11 is 1.18. The molecule has 1 amide bonds. The Kier molecular flexibility index (Phi) is 4.11. The Labute approximate surface area is 134 Å². The molecule has 116 valence electrons. The van der Waals surface area contributed by atoms with Crippen LogP contribution in [0.25, 0.3) is 0 Å². The predicted octanol–water partition coefficient (Wildman–Crippen LogP) is 3.08. The highest BCUT2D eigenvalue weighted by molar-refractivity contribution is 7.07. The van der Waals surface area contributed by atoms with Gasteiger partial charge >= 0.3 is 0 Å². The summed E-state index contributed by atoms with van der Waals surface area (Å²) in [5.74, 6) is 1.35. The normalized spacial score (nSPS) is 21.1. The maximum Gasteiger partial charge on any atom is 0.268 e. The van der Waals surface area contributed by atoms with Crippen molar-refractivity contribution in [2.45, 2.75) is 26.3 Å². The number of nitrogens with zero attached hydrogens (tertiary/aromatic N) is 3. The van der Waals surface area contributed by atoms with Crippen LogP contribution in [0.4, 0.5) is 0 Å². The molecular formula is C16H19N3O2S. The highest BCUT2D eigenvalue weighted by Crippen LogP contribution is 2.37. The zero-order valence-corrected chi connectivity index (χ0v) is 13.8. The Hall–Kier alpha value is -1.95. The minimum Gasteiger partial charge on any atom is -0.497 e. The standard InChI is InChI=1S/C16H19N3O2S/c1-10-8-14(12-4-6-13(21-3)7-5-12)19(9-10)16(20)15-11(2)17-18-22-15/h4-7,10,14H,8-9H2,1-3H3/t10-,14-/m1/s1. The summed E-state index contributed by atoms with van der Waals surface area (Å²) < 4.78 is 9.09. The van der Waals surface area contributed by atoms with Gasteiger partial charge in [0.25, 0.3) is 5.91 Å². The molecule has 0 aliphatic carbocycles. The van der Waals surface area contributed by atoms with Gasteiger partial charge < -0.3 is 9.64 Å². The van der Waals surface area contributed by atoms with E-state index in [0.717, 1.165) is 24.3 Å². The fourth-order valence-corrected chi connectivity index (χ4v) is 3.58. The molecule has 0 unspecified atom stereocenters. The van der Waals surface area contributed by atoms with Crippen molar-refractivity contribution in [1.29, 1.82) is 0 Å². The monoisotopic (exact) mass is 317 g/mol. The topological polar surface area (TPSA) is 55.3 Å². The summed E-state index contributed by atoms with van der Waals surface area (Å²) in [5.41, 5.74) is 1.86. The molecule has 3 rings (SSSR count). The molecule has 22 heavy (non-hydrogen) atoms. The molecule has 1 fully saturated rings. The number of hydrogen-bond acceptors (Lipinski definition) is 5. The Balaban J connectivity index is 1.88. The van der Waals surface area contributed by atoms with Crippen LogP contribution in [0.1, 0.15) is 40.3 Å². The van der Waals surface area contributed by atoms with Crippen molar-refractivity contribution in [2.75, 3.05) is 13.7 Å². The van der Waals surface area contributed by atoms with E-state index in [1.807, 2.05) is 36.1 Å². The van der Waals surface area contributed by atoms with E-state index in [1.165, 1.54) is 11.5 Å². The van der Waals surface area contributed by atoms with E-state index in [4.69, 9.17) is 4.74 Å². The quantitative estimate of drug-likeness (QED) is 0.873. The second-order valence-corrected chi connectivity index (χ2v) is 6.53. The van der Waals surface area contributed by atoms with Gasteiger partial charge in [-0.2, -0.15) is 0 Å². The number of rotatable bonds is 3. The van der Waals surface area contributed by atoms with Crippen LogP contribution in [0.3, 0.4) is 0 Å². The minimum atomic E-state index is 0.0395. The molecule has 5 nitrogen and oxygen atoms in total. The maximum atomic E-state index is 12.8. The second kappa shape index (κ2) is 6.04. The van der Waals surface area contributed by atoms with E-state index in [1.54, 1.807) is 7.11 Å². The number of aromatic nitrogens is 2. The molecular weight excluding hydrogens is 298 g/mol. The molecule has 0 saturated carbocycles. The van der Waals surface area contributed by atoms with E-state index >= 15 is 0 Å². The van der Waals surface area contributed by atoms with Gasteiger partial charge in [0.2, 0.25) is 0 Å². The molecule has 1 aliphatic heterocycles. The predicted molar refractivity (Wildman–Crippen MR) is 85.2 cm³/mol. The van der Waals surface area contributed by atoms with E-state index < -0.39 is 0 Å². The number of methoxy groups -OCH3 is 1. The first-order valence-electron chi connectivity index (χ1n) is 7.34. The molecule has 2 atom stereocenters. The molecule has 1 aromatic carbocycles. The smallest absolute Gasteiger partial charge is 0.268 e. The van der Waals surface area contributed by atoms with Crippen LogP contribution in [0.15, 0.2) is 24.3 Å². The van der Waals surface area contributed by atoms with Crippen LogP contribution in [0, 0.1) is 12.8 Å². The van der Waals surface area contributed by atoms with Gasteiger partial charge in [0.05, 0.1) is 18.8 Å². The Morgan fingerprint density at radius 2 is 2.09 bits per heavy atom. The number of benzene rings is 1. The number of ether oxygens (including phenoxy) is 1. The van der Waals surface area contributed by atoms with Gasteiger partial charge in [-0.1, -0.05) is 23.5 Å². The Morgan fingerprint density at radius 1 is 1.36 bits per heavy atom. The zero-order chi connectivity index (χ0) is 15.7. The van der Waals surface area contributed by atoms with Crippen molar-refractivity contribution >= 4 is 17.4 Å². The summed E-state index contributed by atoms with van der Waals surface area (Å²) in [6.45, 7) is 4.78. The second-order valence-electron chi connectivity index (χ2n) is 5.77. The lowest BCUT2D eigenvalue weighted by Gasteiger charge is -2.24. The summed E-state index contributed by atoms with van der Waals surface area (Å²) in [6, 6.07) is 8.08. The molecule has 1 saturated heterocycles. The van der Waals surface area contributed by atoms with Gasteiger partial charge in [-0.05, 0) is 48.5 Å². The van der Waals surface area contributed by atoms with Crippen LogP contribution in [-0.4, -0.2) is 34.0 Å². The lowest BCUT2D eigenvalue weighted by molar-refractivity contribution is 0.0736. The Bertz CT molecular complexity index is 668. The van der Waals surface area contributed by atoms with Crippen molar-refractivity contribution in [3.05, 3.63) is 40.4 Å². The van der Waals surface area contributed by atoms with Gasteiger partial charge in [0.1, 0.15) is 10.6 Å². The average molecular weight is 317 g/mol. The maximum absolute atomic E-state index is 12.8. The number of hydrogen-bond donors (Lipinski definition) is 0. The van der Waals surface area contributed by atoms with E-state index in [0.29, 0.717) is 16.5 Å². The van der Waals surface area contributed by atoms with E-state index in [9.17, 15) is 4.79 Å². The average Bonchev–Trinajstić information content (AvgIpc) is 3.12. The molecule has 0 bridgehead atoms. The highest BCUT2D eigenvalue weighted by Gasteiger charge is 2.35. The third-order valence-corrected chi connectivity index (χ3v) is 4.93. The fourth-order valence-electron chi connectivity index (χ4n) is 2.97. The van der Waals surface area contributed by atoms with Crippen LogP contribution in [0.5, 0.6) is 5.75 Å². The number of carbonyl (C=O) groups excluding carboxylic acids is 1. The lowest BCUT2D eigenvalue weighted by atomic mass is 10.0. The number of amides is 1. The van der Waals surface area contributed by atoms with Crippen molar-refractivity contribution < 1.29 is 9.53 Å². The molecule has 0 radical (unpaired) electrons. The summed E-state index contributed by atoms with van der Waals surface area (Å²) in [7, 11) is 1.65. The molecule has 0 N–H and O–H groups in total. The molecule has 0 spiro atoms. The minimum absolute atomic E-state index is 0.0395. The lowest BCUT2D eigenvalue weighted by Crippen LogP contribution is -2.31. The summed E-state index contributed by atoms with van der Waals surface area (Å²) in [4.78, 5) is 15.4. The third-order valence-electron chi connectivity index (χ3n) is 4.12. The summed E-state index contributed by atoms with van der Waals surface area (Å²) in [6.07, 6.45) is 0.976. The Morgan fingerprint density at radius 3 is 2.68 bits per heavy atom. The molecule has 2 heterocycles. The van der Waals surface area contributed by atoms with Crippen LogP contribution in [-0.2, 0) is 0 Å². The number of likely N-dealkylation sites (tertiary alicyclic amines) is 1. The first-order chi connectivity index (χ1) is 10.6. The van der Waals surface area contributed by atoms with Gasteiger partial charge in [-0.3, -0.25) is 4.79 Å². The van der Waals surface area contributed by atoms with Crippen LogP contribution >= 0.6 is 11.5 Å². The van der Waals surface area contributed by atoms with E-state index in [2.05, 4.69) is 16.5 Å². The van der Waals surface area contributed by atoms with Gasteiger partial charge in [-0.15, -0.1) is 5.10 Å². The van der Waals surface area contributed by atoms with Crippen molar-refractivity contribution in [2.24, 2.45) is 5.92 Å². The highest BCUT2D eigenvalue weighted by atomic mass is 32.1. The molecule has 1 aliphatic rings. The first-order valence-corrected chi connectivity index (χ1v) is 8.11. The number of aryl methyl sites for hydroxylation is 1. The van der Waals surface area contributed by atoms with E-state index in [-0.39, 0.29) is 11.9 Å². The first kappa shape index (κ1) is 15.0. The third kappa shape index (κ3) is 2.70. The molecule has 2 aromatic rings. The zero-order valence-electron chi connectivity index (χ0n) is 12.9.